The van der Waals surface area contributed by atoms with Gasteiger partial charge in [-0.25, -0.2) is 0 Å². The molecule has 1 aliphatic heterocycles. The molecule has 0 bridgehead atoms. The van der Waals surface area contributed by atoms with E-state index in [2.05, 4.69) is 9.99 Å². The number of rotatable bonds is 2. The number of oxime groups is 1. The average Bonchev–Trinajstić information content (AvgIpc) is 2.73. The van der Waals surface area contributed by atoms with Crippen molar-refractivity contribution in [1.29, 1.82) is 0 Å². The van der Waals surface area contributed by atoms with Crippen molar-refractivity contribution in [3.63, 3.8) is 0 Å². The molecule has 1 aromatic rings. The first-order chi connectivity index (χ1) is 8.73. The van der Waals surface area contributed by atoms with Crippen LogP contribution in [0.3, 0.4) is 0 Å². The summed E-state index contributed by atoms with van der Waals surface area (Å²) in [5.41, 5.74) is -0.116. The second kappa shape index (κ2) is 4.19. The molecule has 1 N–H and O–H groups in total. The molecule has 0 radical (unpaired) electrons. The first-order valence-corrected chi connectivity index (χ1v) is 5.02. The zero-order valence-corrected chi connectivity index (χ0v) is 9.22. The smallest absolute Gasteiger partial charge is 0.350 e. The van der Waals surface area contributed by atoms with Crippen LogP contribution in [0.25, 0.3) is 0 Å². The van der Waals surface area contributed by atoms with Crippen LogP contribution in [-0.2, 0) is 4.84 Å². The number of nitro groups is 1. The molecular formula is C10H7F3N2O4. The number of halogens is 3. The molecule has 6 nitrogen and oxygen atoms in total. The maximum atomic E-state index is 12.5. The number of hydrogen-bond acceptors (Lipinski definition) is 5. The SMILES string of the molecule is O=[N+]([O-])c1ccc(C2=NOC(O)(C(F)(F)F)C2)cc1. The maximum Gasteiger partial charge on any atom is 0.458 e. The van der Waals surface area contributed by atoms with Crippen LogP contribution < -0.4 is 0 Å². The van der Waals surface area contributed by atoms with Crippen LogP contribution in [0, 0.1) is 10.1 Å². The number of aliphatic hydroxyl groups is 1. The lowest BCUT2D eigenvalue weighted by atomic mass is 10.0. The third-order valence-electron chi connectivity index (χ3n) is 2.57. The van der Waals surface area contributed by atoms with Crippen molar-refractivity contribution in [3.8, 4) is 0 Å². The van der Waals surface area contributed by atoms with E-state index in [1.54, 1.807) is 0 Å². The molecule has 0 aliphatic carbocycles. The number of nitrogens with zero attached hydrogens (tertiary/aromatic N) is 2. The number of nitro benzene ring substituents is 1. The monoisotopic (exact) mass is 276 g/mol. The Morgan fingerprint density at radius 1 is 1.37 bits per heavy atom. The average molecular weight is 276 g/mol. The highest BCUT2D eigenvalue weighted by molar-refractivity contribution is 6.01. The van der Waals surface area contributed by atoms with E-state index in [9.17, 15) is 28.4 Å². The molecule has 0 saturated carbocycles. The molecule has 2 rings (SSSR count). The molecule has 0 amide bonds. The minimum absolute atomic E-state index is 0.130. The van der Waals surface area contributed by atoms with Gasteiger partial charge in [-0.2, -0.15) is 13.2 Å². The molecule has 9 heteroatoms. The molecule has 0 fully saturated rings. The first kappa shape index (κ1) is 13.3. The van der Waals surface area contributed by atoms with Crippen molar-refractivity contribution in [2.24, 2.45) is 5.16 Å². The van der Waals surface area contributed by atoms with Gasteiger partial charge in [-0.3, -0.25) is 10.1 Å². The van der Waals surface area contributed by atoms with E-state index in [1.165, 1.54) is 12.1 Å². The van der Waals surface area contributed by atoms with Crippen LogP contribution in [0.5, 0.6) is 0 Å². The largest absolute Gasteiger partial charge is 0.458 e. The van der Waals surface area contributed by atoms with Gasteiger partial charge in [-0.15, -0.1) is 0 Å². The van der Waals surface area contributed by atoms with Crippen molar-refractivity contribution < 1.29 is 28.0 Å². The Bertz CT molecular complexity index is 541. The van der Waals surface area contributed by atoms with Gasteiger partial charge in [0.05, 0.1) is 17.1 Å². The molecule has 0 aromatic heterocycles. The van der Waals surface area contributed by atoms with Gasteiger partial charge in [0.2, 0.25) is 0 Å². The summed E-state index contributed by atoms with van der Waals surface area (Å²) in [6.07, 6.45) is -5.84. The highest BCUT2D eigenvalue weighted by atomic mass is 19.4. The third kappa shape index (κ3) is 2.36. The van der Waals surface area contributed by atoms with Crippen LogP contribution in [0.4, 0.5) is 18.9 Å². The number of non-ortho nitro benzene ring substituents is 1. The lowest BCUT2D eigenvalue weighted by molar-refractivity contribution is -0.384. The van der Waals surface area contributed by atoms with E-state index < -0.39 is 23.3 Å². The molecular weight excluding hydrogens is 269 g/mol. The lowest BCUT2D eigenvalue weighted by Gasteiger charge is -2.22. The topological polar surface area (TPSA) is 85.0 Å². The molecule has 0 spiro atoms. The van der Waals surface area contributed by atoms with E-state index in [4.69, 9.17) is 0 Å². The van der Waals surface area contributed by atoms with Crippen molar-refractivity contribution in [1.82, 2.24) is 0 Å². The van der Waals surface area contributed by atoms with Gasteiger partial charge in [-0.1, -0.05) is 5.16 Å². The molecule has 1 atom stereocenters. The van der Waals surface area contributed by atoms with Crippen LogP contribution in [0.15, 0.2) is 29.4 Å². The fourth-order valence-electron chi connectivity index (χ4n) is 1.50. The summed E-state index contributed by atoms with van der Waals surface area (Å²) >= 11 is 0. The number of alkyl halides is 3. The van der Waals surface area contributed by atoms with Crippen LogP contribution >= 0.6 is 0 Å². The highest BCUT2D eigenvalue weighted by Gasteiger charge is 2.60. The van der Waals surface area contributed by atoms with E-state index in [1.807, 2.05) is 0 Å². The summed E-state index contributed by atoms with van der Waals surface area (Å²) in [5, 5.41) is 22.8. The zero-order chi connectivity index (χ0) is 14.3. The fraction of sp³-hybridized carbons (Fsp3) is 0.300. The summed E-state index contributed by atoms with van der Waals surface area (Å²) in [7, 11) is 0. The summed E-state index contributed by atoms with van der Waals surface area (Å²) in [6, 6.07) is 4.73. The van der Waals surface area contributed by atoms with Gasteiger partial charge in [0.15, 0.2) is 0 Å². The highest BCUT2D eigenvalue weighted by Crippen LogP contribution is 2.38. The lowest BCUT2D eigenvalue weighted by Crippen LogP contribution is -2.45. The predicted octanol–water partition coefficient (Wildman–Crippen LogP) is 1.97. The van der Waals surface area contributed by atoms with Crippen molar-refractivity contribution in [3.05, 3.63) is 39.9 Å². The van der Waals surface area contributed by atoms with Gasteiger partial charge in [0.1, 0.15) is 0 Å². The van der Waals surface area contributed by atoms with E-state index in [-0.39, 0.29) is 17.0 Å². The van der Waals surface area contributed by atoms with E-state index >= 15 is 0 Å². The second-order valence-corrected chi connectivity index (χ2v) is 3.89. The van der Waals surface area contributed by atoms with Crippen LogP contribution in [-0.4, -0.2) is 27.7 Å². The molecule has 19 heavy (non-hydrogen) atoms. The number of hydrogen-bond donors (Lipinski definition) is 1. The molecule has 1 aromatic carbocycles. The first-order valence-electron chi connectivity index (χ1n) is 5.02. The zero-order valence-electron chi connectivity index (χ0n) is 9.22. The number of benzene rings is 1. The van der Waals surface area contributed by atoms with Crippen LogP contribution in [0.2, 0.25) is 0 Å². The molecule has 1 aliphatic rings. The minimum Gasteiger partial charge on any atom is -0.350 e. The summed E-state index contributed by atoms with van der Waals surface area (Å²) in [6.45, 7) is 0. The molecule has 102 valence electrons. The quantitative estimate of drug-likeness (QED) is 0.661. The van der Waals surface area contributed by atoms with Crippen LogP contribution in [0.1, 0.15) is 12.0 Å². The Kier molecular flexibility index (Phi) is 2.93. The van der Waals surface area contributed by atoms with E-state index in [0.717, 1.165) is 12.1 Å². The van der Waals surface area contributed by atoms with Gasteiger partial charge in [0, 0.05) is 17.7 Å². The Labute approximate surface area is 104 Å². The minimum atomic E-state index is -4.97. The summed E-state index contributed by atoms with van der Waals surface area (Å²) in [4.78, 5) is 13.8. The van der Waals surface area contributed by atoms with Crippen molar-refractivity contribution in [2.75, 3.05) is 0 Å². The Morgan fingerprint density at radius 2 is 1.95 bits per heavy atom. The van der Waals surface area contributed by atoms with Crippen molar-refractivity contribution >= 4 is 11.4 Å². The van der Waals surface area contributed by atoms with Gasteiger partial charge >= 0.3 is 12.0 Å². The van der Waals surface area contributed by atoms with Gasteiger partial charge in [0.25, 0.3) is 5.69 Å². The Hall–Kier alpha value is -2.16. The maximum absolute atomic E-state index is 12.5. The predicted molar refractivity (Wildman–Crippen MR) is 56.3 cm³/mol. The third-order valence-corrected chi connectivity index (χ3v) is 2.57. The Morgan fingerprint density at radius 3 is 2.37 bits per heavy atom. The molecule has 1 unspecified atom stereocenters. The fourth-order valence-corrected chi connectivity index (χ4v) is 1.50. The van der Waals surface area contributed by atoms with Gasteiger partial charge < -0.3 is 9.94 Å². The normalized spacial score (nSPS) is 22.8. The summed E-state index contributed by atoms with van der Waals surface area (Å²) in [5.74, 6) is -3.34. The van der Waals surface area contributed by atoms with E-state index in [0.29, 0.717) is 0 Å². The van der Waals surface area contributed by atoms with Crippen molar-refractivity contribution in [2.45, 2.75) is 18.4 Å². The molecule has 1 heterocycles. The molecule has 0 saturated heterocycles. The standard InChI is InChI=1S/C10H7F3N2O4/c11-10(12,13)9(16)5-8(14-19-9)6-1-3-7(4-2-6)15(17)18/h1-4,16H,5H2. The summed E-state index contributed by atoms with van der Waals surface area (Å²) < 4.78 is 37.4. The van der Waals surface area contributed by atoms with Gasteiger partial charge in [-0.05, 0) is 12.1 Å². The second-order valence-electron chi connectivity index (χ2n) is 3.89. The Balaban J connectivity index is 2.19.